The van der Waals surface area contributed by atoms with E-state index in [-0.39, 0.29) is 11.7 Å². The molecule has 128 valence electrons. The minimum absolute atomic E-state index is 0.387. The molecule has 0 bridgehead atoms. The Kier molecular flexibility index (Phi) is 5.93. The van der Waals surface area contributed by atoms with Crippen LogP contribution in [0.5, 0.6) is 0 Å². The monoisotopic (exact) mass is 328 g/mol. The van der Waals surface area contributed by atoms with Gasteiger partial charge in [0.15, 0.2) is 0 Å². The largest absolute Gasteiger partial charge is 0.444 e. The number of nitrogens with zero attached hydrogens (tertiary/aromatic N) is 1. The molecule has 0 radical (unpaired) electrons. The molecule has 1 amide bonds. The second-order valence-corrected chi connectivity index (χ2v) is 6.40. The number of hydrogen-bond donors (Lipinski definition) is 1. The second-order valence-electron chi connectivity index (χ2n) is 6.40. The molecule has 0 spiro atoms. The van der Waals surface area contributed by atoms with Gasteiger partial charge in [-0.25, -0.2) is 4.79 Å². The fourth-order valence-electron chi connectivity index (χ4n) is 2.29. The van der Waals surface area contributed by atoms with Crippen LogP contribution in [0.2, 0.25) is 0 Å². The third-order valence-corrected chi connectivity index (χ3v) is 3.32. The number of nitrogens with one attached hydrogen (secondary N) is 1. The second kappa shape index (κ2) is 7.93. The molecular weight excluding hydrogens is 304 g/mol. The molecular formula is C19H24N2O3. The van der Waals surface area contributed by atoms with E-state index < -0.39 is 0 Å². The normalized spacial score (nSPS) is 12.7. The van der Waals surface area contributed by atoms with Crippen LogP contribution >= 0.6 is 0 Å². The van der Waals surface area contributed by atoms with Crippen LogP contribution in [0.25, 0.3) is 11.3 Å². The Morgan fingerprint density at radius 2 is 1.96 bits per heavy atom. The van der Waals surface area contributed by atoms with E-state index in [0.29, 0.717) is 6.61 Å². The predicted octanol–water partition coefficient (Wildman–Crippen LogP) is 3.92. The standard InChI is InChI=1S/C13H11NO.C6H13NO2/c1-2-7-14-13(6-1)11-5-3-4-10-8-15-9-12(10)11;1-6(2,3)9-5(8)7-4/h1-7H,8-9H2;1-4H3,(H,7,8). The van der Waals surface area contributed by atoms with E-state index in [1.165, 1.54) is 23.7 Å². The minimum Gasteiger partial charge on any atom is -0.444 e. The van der Waals surface area contributed by atoms with Gasteiger partial charge in [-0.3, -0.25) is 4.98 Å². The highest BCUT2D eigenvalue weighted by atomic mass is 16.6. The first-order chi connectivity index (χ1) is 11.4. The van der Waals surface area contributed by atoms with Crippen LogP contribution in [-0.2, 0) is 22.7 Å². The number of alkyl carbamates (subject to hydrolysis) is 1. The molecule has 1 N–H and O–H groups in total. The van der Waals surface area contributed by atoms with E-state index in [4.69, 9.17) is 9.47 Å². The molecule has 5 nitrogen and oxygen atoms in total. The van der Waals surface area contributed by atoms with Crippen LogP contribution in [0, 0.1) is 0 Å². The topological polar surface area (TPSA) is 60.5 Å². The first-order valence-corrected chi connectivity index (χ1v) is 7.91. The fraction of sp³-hybridized carbons (Fsp3) is 0.368. The fourth-order valence-corrected chi connectivity index (χ4v) is 2.29. The average molecular weight is 328 g/mol. The Labute approximate surface area is 143 Å². The van der Waals surface area contributed by atoms with Crippen molar-refractivity contribution in [3.05, 3.63) is 53.7 Å². The molecule has 0 fully saturated rings. The summed E-state index contributed by atoms with van der Waals surface area (Å²) in [5.74, 6) is 0. The number of pyridine rings is 1. The minimum atomic E-state index is -0.389. The molecule has 24 heavy (non-hydrogen) atoms. The van der Waals surface area contributed by atoms with Crippen LogP contribution < -0.4 is 5.32 Å². The summed E-state index contributed by atoms with van der Waals surface area (Å²) in [4.78, 5) is 14.9. The number of amides is 1. The van der Waals surface area contributed by atoms with Gasteiger partial charge < -0.3 is 14.8 Å². The average Bonchev–Trinajstić information content (AvgIpc) is 3.03. The highest BCUT2D eigenvalue weighted by molar-refractivity contribution is 5.67. The van der Waals surface area contributed by atoms with Gasteiger partial charge >= 0.3 is 6.09 Å². The summed E-state index contributed by atoms with van der Waals surface area (Å²) in [5.41, 5.74) is 4.42. The van der Waals surface area contributed by atoms with Gasteiger partial charge in [0.05, 0.1) is 18.9 Å². The van der Waals surface area contributed by atoms with E-state index in [1.54, 1.807) is 0 Å². The molecule has 0 aliphatic carbocycles. The van der Waals surface area contributed by atoms with Gasteiger partial charge in [-0.1, -0.05) is 24.3 Å². The van der Waals surface area contributed by atoms with Gasteiger partial charge in [0.1, 0.15) is 5.60 Å². The van der Waals surface area contributed by atoms with Crippen molar-refractivity contribution in [1.82, 2.24) is 10.3 Å². The quantitative estimate of drug-likeness (QED) is 0.862. The van der Waals surface area contributed by atoms with E-state index in [2.05, 4.69) is 28.5 Å². The first kappa shape index (κ1) is 17.9. The molecule has 5 heteroatoms. The van der Waals surface area contributed by atoms with Crippen LogP contribution in [0.3, 0.4) is 0 Å². The van der Waals surface area contributed by atoms with Gasteiger partial charge in [-0.15, -0.1) is 0 Å². The number of benzene rings is 1. The molecule has 1 aromatic carbocycles. The molecule has 2 aromatic rings. The number of aromatic nitrogens is 1. The van der Waals surface area contributed by atoms with Crippen LogP contribution in [0.1, 0.15) is 31.9 Å². The zero-order chi connectivity index (χ0) is 17.6. The molecule has 0 unspecified atom stereocenters. The molecule has 1 aliphatic heterocycles. The lowest BCUT2D eigenvalue weighted by Gasteiger charge is -2.18. The van der Waals surface area contributed by atoms with Gasteiger partial charge in [0.25, 0.3) is 0 Å². The Balaban J connectivity index is 0.000000202. The van der Waals surface area contributed by atoms with Crippen molar-refractivity contribution < 1.29 is 14.3 Å². The number of rotatable bonds is 1. The third kappa shape index (κ3) is 5.06. The van der Waals surface area contributed by atoms with Gasteiger partial charge in [0.2, 0.25) is 0 Å². The maximum absolute atomic E-state index is 10.5. The summed E-state index contributed by atoms with van der Waals surface area (Å²) in [6, 6.07) is 12.3. The summed E-state index contributed by atoms with van der Waals surface area (Å²) in [5, 5.41) is 2.36. The maximum atomic E-state index is 10.5. The van der Waals surface area contributed by atoms with Crippen LogP contribution in [-0.4, -0.2) is 23.7 Å². The highest BCUT2D eigenvalue weighted by Gasteiger charge is 2.16. The molecule has 0 saturated heterocycles. The van der Waals surface area contributed by atoms with Crippen LogP contribution in [0.15, 0.2) is 42.6 Å². The zero-order valence-electron chi connectivity index (χ0n) is 14.6. The molecule has 1 aromatic heterocycles. The summed E-state index contributed by atoms with van der Waals surface area (Å²) >= 11 is 0. The smallest absolute Gasteiger partial charge is 0.407 e. The van der Waals surface area contributed by atoms with Crippen molar-refractivity contribution in [2.24, 2.45) is 0 Å². The maximum Gasteiger partial charge on any atom is 0.407 e. The summed E-state index contributed by atoms with van der Waals surface area (Å²) in [6.07, 6.45) is 1.44. The highest BCUT2D eigenvalue weighted by Crippen LogP contribution is 2.29. The van der Waals surface area contributed by atoms with Crippen molar-refractivity contribution in [1.29, 1.82) is 0 Å². The van der Waals surface area contributed by atoms with Crippen molar-refractivity contribution >= 4 is 6.09 Å². The van der Waals surface area contributed by atoms with E-state index in [1.807, 2.05) is 45.2 Å². The summed E-state index contributed by atoms with van der Waals surface area (Å²) < 4.78 is 10.3. The first-order valence-electron chi connectivity index (χ1n) is 7.91. The lowest BCUT2D eigenvalue weighted by molar-refractivity contribution is 0.0541. The number of carbonyl (C=O) groups excluding carboxylic acids is 1. The predicted molar refractivity (Wildman–Crippen MR) is 93.5 cm³/mol. The third-order valence-electron chi connectivity index (χ3n) is 3.32. The molecule has 2 heterocycles. The van der Waals surface area contributed by atoms with E-state index in [0.717, 1.165) is 12.3 Å². The lowest BCUT2D eigenvalue weighted by Crippen LogP contribution is -2.30. The summed E-state index contributed by atoms with van der Waals surface area (Å²) in [6.45, 7) is 6.91. The Morgan fingerprint density at radius 3 is 2.54 bits per heavy atom. The summed E-state index contributed by atoms with van der Waals surface area (Å²) in [7, 11) is 1.54. The van der Waals surface area contributed by atoms with Crippen molar-refractivity contribution in [2.45, 2.75) is 39.6 Å². The Hall–Kier alpha value is -2.40. The number of ether oxygens (including phenoxy) is 2. The zero-order valence-corrected chi connectivity index (χ0v) is 14.6. The van der Waals surface area contributed by atoms with Gasteiger partial charge in [-0.05, 0) is 44.0 Å². The van der Waals surface area contributed by atoms with Crippen molar-refractivity contribution in [3.63, 3.8) is 0 Å². The Bertz CT molecular complexity index is 679. The molecule has 0 atom stereocenters. The van der Waals surface area contributed by atoms with Crippen LogP contribution in [0.4, 0.5) is 4.79 Å². The van der Waals surface area contributed by atoms with Gasteiger partial charge in [-0.2, -0.15) is 0 Å². The van der Waals surface area contributed by atoms with Gasteiger partial charge in [0, 0.05) is 18.8 Å². The number of hydrogen-bond acceptors (Lipinski definition) is 4. The van der Waals surface area contributed by atoms with Crippen molar-refractivity contribution in [3.8, 4) is 11.3 Å². The molecule has 0 saturated carbocycles. The number of fused-ring (bicyclic) bond motifs is 1. The van der Waals surface area contributed by atoms with E-state index in [9.17, 15) is 4.79 Å². The van der Waals surface area contributed by atoms with E-state index >= 15 is 0 Å². The Morgan fingerprint density at radius 1 is 1.17 bits per heavy atom. The SMILES string of the molecule is CNC(=O)OC(C)(C)C.c1ccc(-c2cccc3c2COC3)nc1. The van der Waals surface area contributed by atoms with Crippen molar-refractivity contribution in [2.75, 3.05) is 7.05 Å². The molecule has 3 rings (SSSR count). The number of carbonyl (C=O) groups is 1. The lowest BCUT2D eigenvalue weighted by atomic mass is 10.0. The molecule has 1 aliphatic rings.